The standard InChI is InChI=1S/C13H22N4O5S/c1-5-16(12(18)22-13(2,3)4)9-7-17-11(21-8-9)10(6-15-17)23(14,19)20/h6,9H,5,7-8H2,1-4H3,(H2,14,19,20)/t9-/m1/s1. The number of amides is 1. The highest BCUT2D eigenvalue weighted by atomic mass is 32.2. The van der Waals surface area contributed by atoms with Gasteiger partial charge in [0.15, 0.2) is 4.90 Å². The number of carbonyl (C=O) groups excluding carboxylic acids is 1. The molecule has 9 nitrogen and oxygen atoms in total. The van der Waals surface area contributed by atoms with Gasteiger partial charge in [0.1, 0.15) is 12.2 Å². The molecule has 0 bridgehead atoms. The quantitative estimate of drug-likeness (QED) is 0.854. The van der Waals surface area contributed by atoms with Gasteiger partial charge in [0, 0.05) is 6.54 Å². The second-order valence-electron chi connectivity index (χ2n) is 6.27. The van der Waals surface area contributed by atoms with E-state index in [0.29, 0.717) is 13.1 Å². The normalized spacial score (nSPS) is 18.0. The highest BCUT2D eigenvalue weighted by Gasteiger charge is 2.34. The van der Waals surface area contributed by atoms with Crippen LogP contribution in [0.3, 0.4) is 0 Å². The lowest BCUT2D eigenvalue weighted by atomic mass is 10.2. The van der Waals surface area contributed by atoms with Crippen LogP contribution in [0.25, 0.3) is 0 Å². The van der Waals surface area contributed by atoms with Crippen molar-refractivity contribution >= 4 is 16.1 Å². The molecule has 0 saturated carbocycles. The molecule has 23 heavy (non-hydrogen) atoms. The molecule has 0 aliphatic carbocycles. The van der Waals surface area contributed by atoms with Crippen molar-refractivity contribution in [3.05, 3.63) is 6.20 Å². The zero-order valence-corrected chi connectivity index (χ0v) is 14.5. The van der Waals surface area contributed by atoms with Gasteiger partial charge in [0.25, 0.3) is 0 Å². The van der Waals surface area contributed by atoms with Gasteiger partial charge in [0.05, 0.1) is 18.8 Å². The lowest BCUT2D eigenvalue weighted by molar-refractivity contribution is 0.00408. The van der Waals surface area contributed by atoms with Gasteiger partial charge >= 0.3 is 6.09 Å². The van der Waals surface area contributed by atoms with Crippen LogP contribution in [0, 0.1) is 0 Å². The van der Waals surface area contributed by atoms with E-state index in [1.54, 1.807) is 20.8 Å². The fourth-order valence-electron chi connectivity index (χ4n) is 2.30. The van der Waals surface area contributed by atoms with Gasteiger partial charge in [-0.2, -0.15) is 5.10 Å². The molecule has 2 heterocycles. The molecule has 2 rings (SSSR count). The number of primary sulfonamides is 1. The van der Waals surface area contributed by atoms with E-state index in [2.05, 4.69) is 5.10 Å². The van der Waals surface area contributed by atoms with E-state index in [1.807, 2.05) is 6.92 Å². The summed E-state index contributed by atoms with van der Waals surface area (Å²) in [7, 11) is -3.90. The Bertz CT molecular complexity index is 692. The van der Waals surface area contributed by atoms with Gasteiger partial charge in [0.2, 0.25) is 15.9 Å². The summed E-state index contributed by atoms with van der Waals surface area (Å²) in [6.07, 6.45) is 0.701. The maximum atomic E-state index is 12.3. The molecule has 0 unspecified atom stereocenters. The van der Waals surface area contributed by atoms with Crippen molar-refractivity contribution < 1.29 is 22.7 Å². The van der Waals surface area contributed by atoms with Crippen LogP contribution in [-0.2, 0) is 21.3 Å². The van der Waals surface area contributed by atoms with Crippen molar-refractivity contribution in [3.63, 3.8) is 0 Å². The minimum atomic E-state index is -3.90. The van der Waals surface area contributed by atoms with Crippen LogP contribution in [0.5, 0.6) is 5.88 Å². The Morgan fingerprint density at radius 3 is 2.74 bits per heavy atom. The Kier molecular flexibility index (Phi) is 4.58. The Balaban J connectivity index is 2.18. The number of hydrogen-bond acceptors (Lipinski definition) is 6. The number of nitrogens with two attached hydrogens (primary N) is 1. The summed E-state index contributed by atoms with van der Waals surface area (Å²) >= 11 is 0. The summed E-state index contributed by atoms with van der Waals surface area (Å²) in [6, 6.07) is -0.310. The molecule has 1 aliphatic heterocycles. The van der Waals surface area contributed by atoms with E-state index < -0.39 is 21.7 Å². The summed E-state index contributed by atoms with van der Waals surface area (Å²) in [5, 5.41) is 9.10. The van der Waals surface area contributed by atoms with Crippen molar-refractivity contribution in [2.24, 2.45) is 5.14 Å². The number of ether oxygens (including phenoxy) is 2. The van der Waals surface area contributed by atoms with E-state index in [1.165, 1.54) is 9.58 Å². The largest absolute Gasteiger partial charge is 0.475 e. The number of likely N-dealkylation sites (N-methyl/N-ethyl adjacent to an activating group) is 1. The molecule has 0 aromatic carbocycles. The van der Waals surface area contributed by atoms with E-state index in [0.717, 1.165) is 6.20 Å². The minimum Gasteiger partial charge on any atom is -0.475 e. The highest BCUT2D eigenvalue weighted by Crippen LogP contribution is 2.27. The van der Waals surface area contributed by atoms with Gasteiger partial charge in [-0.1, -0.05) is 0 Å². The highest BCUT2D eigenvalue weighted by molar-refractivity contribution is 7.89. The summed E-state index contributed by atoms with van der Waals surface area (Å²) in [4.78, 5) is 13.6. The molecular formula is C13H22N4O5S. The summed E-state index contributed by atoms with van der Waals surface area (Å²) in [5.74, 6) is 0.101. The lowest BCUT2D eigenvalue weighted by Gasteiger charge is -2.35. The second-order valence-corrected chi connectivity index (χ2v) is 7.80. The van der Waals surface area contributed by atoms with Gasteiger partial charge < -0.3 is 14.4 Å². The Hall–Kier alpha value is -1.81. The van der Waals surface area contributed by atoms with Crippen LogP contribution in [0.15, 0.2) is 11.1 Å². The summed E-state index contributed by atoms with van der Waals surface area (Å²) in [6.45, 7) is 8.08. The topological polar surface area (TPSA) is 117 Å². The number of aromatic nitrogens is 2. The fourth-order valence-corrected chi connectivity index (χ4v) is 2.90. The Morgan fingerprint density at radius 2 is 2.22 bits per heavy atom. The van der Waals surface area contributed by atoms with Crippen LogP contribution in [0.2, 0.25) is 0 Å². The molecule has 1 atom stereocenters. The maximum absolute atomic E-state index is 12.3. The average Bonchev–Trinajstić information content (AvgIpc) is 2.80. The van der Waals surface area contributed by atoms with Gasteiger partial charge in [-0.15, -0.1) is 0 Å². The van der Waals surface area contributed by atoms with Gasteiger partial charge in [-0.3, -0.25) is 0 Å². The van der Waals surface area contributed by atoms with Crippen LogP contribution in [0.1, 0.15) is 27.7 Å². The van der Waals surface area contributed by atoms with E-state index in [9.17, 15) is 13.2 Å². The SMILES string of the molecule is CCN(C(=O)OC(C)(C)C)[C@H]1COc2c(S(N)(=O)=O)cnn2C1. The molecular weight excluding hydrogens is 324 g/mol. The Morgan fingerprint density at radius 1 is 1.57 bits per heavy atom. The average molecular weight is 346 g/mol. The zero-order valence-electron chi connectivity index (χ0n) is 13.6. The van der Waals surface area contributed by atoms with Crippen molar-refractivity contribution in [3.8, 4) is 5.88 Å². The molecule has 2 N–H and O–H groups in total. The van der Waals surface area contributed by atoms with Crippen LogP contribution in [-0.4, -0.2) is 54.0 Å². The first-order chi connectivity index (χ1) is 10.5. The lowest BCUT2D eigenvalue weighted by Crippen LogP contribution is -2.49. The van der Waals surface area contributed by atoms with E-state index in [4.69, 9.17) is 14.6 Å². The predicted octanol–water partition coefficient (Wildman–Crippen LogP) is 0.549. The molecule has 1 aliphatic rings. The molecule has 0 radical (unpaired) electrons. The molecule has 0 fully saturated rings. The van der Waals surface area contributed by atoms with Crippen LogP contribution in [0.4, 0.5) is 4.79 Å². The minimum absolute atomic E-state index is 0.101. The molecule has 1 aromatic heterocycles. The molecule has 0 saturated heterocycles. The predicted molar refractivity (Wildman–Crippen MR) is 81.5 cm³/mol. The molecule has 1 amide bonds. The molecule has 1 aromatic rings. The summed E-state index contributed by atoms with van der Waals surface area (Å²) in [5.41, 5.74) is -0.600. The first kappa shape index (κ1) is 17.5. The number of hydrogen-bond donors (Lipinski definition) is 1. The number of nitrogens with zero attached hydrogens (tertiary/aromatic N) is 3. The van der Waals surface area contributed by atoms with Crippen LogP contribution < -0.4 is 9.88 Å². The zero-order chi connectivity index (χ0) is 17.4. The molecule has 10 heteroatoms. The van der Waals surface area contributed by atoms with Crippen molar-refractivity contribution in [1.82, 2.24) is 14.7 Å². The second kappa shape index (κ2) is 6.00. The third kappa shape index (κ3) is 3.94. The third-order valence-corrected chi connectivity index (χ3v) is 4.16. The van der Waals surface area contributed by atoms with Crippen molar-refractivity contribution in [2.75, 3.05) is 13.2 Å². The van der Waals surface area contributed by atoms with Crippen LogP contribution >= 0.6 is 0 Å². The monoisotopic (exact) mass is 346 g/mol. The van der Waals surface area contributed by atoms with E-state index >= 15 is 0 Å². The van der Waals surface area contributed by atoms with Gasteiger partial charge in [-0.25, -0.2) is 23.0 Å². The summed E-state index contributed by atoms with van der Waals surface area (Å²) < 4.78 is 35.2. The first-order valence-corrected chi connectivity index (χ1v) is 8.78. The number of fused-ring (bicyclic) bond motifs is 1. The fraction of sp³-hybridized carbons (Fsp3) is 0.692. The van der Waals surface area contributed by atoms with Gasteiger partial charge in [-0.05, 0) is 27.7 Å². The third-order valence-electron chi connectivity index (χ3n) is 3.27. The Labute approximate surface area is 135 Å². The number of sulfonamides is 1. The molecule has 130 valence electrons. The molecule has 0 spiro atoms. The van der Waals surface area contributed by atoms with Crippen molar-refractivity contribution in [1.29, 1.82) is 0 Å². The van der Waals surface area contributed by atoms with E-state index in [-0.39, 0.29) is 23.4 Å². The first-order valence-electron chi connectivity index (χ1n) is 7.24. The number of carbonyl (C=O) groups is 1. The maximum Gasteiger partial charge on any atom is 0.410 e. The van der Waals surface area contributed by atoms with Crippen molar-refractivity contribution in [2.45, 2.75) is 50.8 Å². The smallest absolute Gasteiger partial charge is 0.410 e. The number of rotatable bonds is 3.